The van der Waals surface area contributed by atoms with E-state index < -0.39 is 16.0 Å². The van der Waals surface area contributed by atoms with Crippen LogP contribution in [0.2, 0.25) is 0 Å². The van der Waals surface area contributed by atoms with Crippen LogP contribution in [0.3, 0.4) is 0 Å². The van der Waals surface area contributed by atoms with Gasteiger partial charge in [0, 0.05) is 4.47 Å². The van der Waals surface area contributed by atoms with Gasteiger partial charge in [0.15, 0.2) is 0 Å². The zero-order chi connectivity index (χ0) is 21.2. The summed E-state index contributed by atoms with van der Waals surface area (Å²) < 4.78 is 28.6. The van der Waals surface area contributed by atoms with Crippen LogP contribution in [0.1, 0.15) is 22.8 Å². The number of hydrogen-bond donors (Lipinski definition) is 3. The van der Waals surface area contributed by atoms with Gasteiger partial charge in [-0.1, -0.05) is 47.1 Å². The number of carboxylic acid groups (broad SMARTS) is 1. The van der Waals surface area contributed by atoms with E-state index in [1.54, 1.807) is 19.1 Å². The molecular formula is C21H18BrNO5S. The predicted octanol–water partition coefficient (Wildman–Crippen LogP) is 4.88. The highest BCUT2D eigenvalue weighted by Crippen LogP contribution is 2.31. The Bertz CT molecular complexity index is 1160. The van der Waals surface area contributed by atoms with Crippen molar-refractivity contribution in [2.75, 3.05) is 4.72 Å². The number of benzene rings is 3. The molecule has 0 heterocycles. The molecule has 3 aromatic carbocycles. The summed E-state index contributed by atoms with van der Waals surface area (Å²) in [4.78, 5) is 11.4. The zero-order valence-corrected chi connectivity index (χ0v) is 17.8. The van der Waals surface area contributed by atoms with Crippen LogP contribution >= 0.6 is 15.9 Å². The number of aromatic carboxylic acids is 1. The smallest absolute Gasteiger partial charge is 0.336 e. The van der Waals surface area contributed by atoms with Crippen molar-refractivity contribution < 1.29 is 23.4 Å². The highest BCUT2D eigenvalue weighted by atomic mass is 79.9. The first kappa shape index (κ1) is 20.9. The molecule has 0 unspecified atom stereocenters. The number of rotatable bonds is 6. The van der Waals surface area contributed by atoms with E-state index in [2.05, 4.69) is 20.7 Å². The first-order chi connectivity index (χ1) is 13.7. The van der Waals surface area contributed by atoms with E-state index in [9.17, 15) is 23.4 Å². The van der Waals surface area contributed by atoms with Gasteiger partial charge in [-0.2, -0.15) is 0 Å². The van der Waals surface area contributed by atoms with Gasteiger partial charge in [0.2, 0.25) is 0 Å². The summed E-state index contributed by atoms with van der Waals surface area (Å²) in [6.45, 7) is 1.75. The molecule has 150 valence electrons. The van der Waals surface area contributed by atoms with E-state index in [-0.39, 0.29) is 21.9 Å². The molecule has 0 saturated heterocycles. The number of phenolic OH excluding ortho intramolecular Hbond substituents is 1. The third-order valence-corrected chi connectivity index (χ3v) is 6.33. The van der Waals surface area contributed by atoms with Crippen LogP contribution in [0, 0.1) is 0 Å². The van der Waals surface area contributed by atoms with Gasteiger partial charge in [-0.05, 0) is 59.5 Å². The number of anilines is 1. The van der Waals surface area contributed by atoms with E-state index in [0.29, 0.717) is 12.0 Å². The summed E-state index contributed by atoms with van der Waals surface area (Å²) in [6.07, 6.45) is 0.389. The van der Waals surface area contributed by atoms with Gasteiger partial charge in [0.1, 0.15) is 5.75 Å². The lowest BCUT2D eigenvalue weighted by atomic mass is 10.0. The Morgan fingerprint density at radius 3 is 2.07 bits per heavy atom. The maximum atomic E-state index is 12.7. The van der Waals surface area contributed by atoms with Crippen LogP contribution in [0.5, 0.6) is 5.75 Å². The molecule has 0 amide bonds. The van der Waals surface area contributed by atoms with Gasteiger partial charge >= 0.3 is 5.97 Å². The maximum absolute atomic E-state index is 12.7. The number of sulfonamides is 1. The van der Waals surface area contributed by atoms with Crippen molar-refractivity contribution in [3.05, 3.63) is 76.3 Å². The Kier molecular flexibility index (Phi) is 5.95. The number of nitrogens with one attached hydrogen (secondary N) is 1. The molecule has 8 heteroatoms. The third kappa shape index (κ3) is 4.60. The third-order valence-electron chi connectivity index (χ3n) is 4.42. The minimum atomic E-state index is -4.01. The molecular weight excluding hydrogens is 458 g/mol. The Morgan fingerprint density at radius 2 is 1.55 bits per heavy atom. The molecule has 0 atom stereocenters. The Morgan fingerprint density at radius 1 is 1.00 bits per heavy atom. The molecule has 0 fully saturated rings. The summed E-state index contributed by atoms with van der Waals surface area (Å²) in [6, 6.07) is 16.3. The summed E-state index contributed by atoms with van der Waals surface area (Å²) >= 11 is 3.37. The summed E-state index contributed by atoms with van der Waals surface area (Å²) in [5.41, 5.74) is 1.95. The van der Waals surface area contributed by atoms with Crippen LogP contribution in [0.25, 0.3) is 11.1 Å². The highest BCUT2D eigenvalue weighted by molar-refractivity contribution is 9.10. The number of hydrogen-bond acceptors (Lipinski definition) is 4. The Labute approximate surface area is 177 Å². The second-order valence-corrected chi connectivity index (χ2v) is 8.92. The summed E-state index contributed by atoms with van der Waals surface area (Å²) in [7, 11) is -4.01. The average molecular weight is 476 g/mol. The predicted molar refractivity (Wildman–Crippen MR) is 115 cm³/mol. The van der Waals surface area contributed by atoms with Crippen LogP contribution < -0.4 is 4.72 Å². The minimum Gasteiger partial charge on any atom is -0.506 e. The maximum Gasteiger partial charge on any atom is 0.336 e. The Hall–Kier alpha value is -2.84. The molecule has 0 aliphatic heterocycles. The molecule has 0 saturated carbocycles. The number of halogens is 1. The number of phenols is 1. The highest BCUT2D eigenvalue weighted by Gasteiger charge is 2.19. The quantitative estimate of drug-likeness (QED) is 0.440. The van der Waals surface area contributed by atoms with E-state index in [1.165, 1.54) is 18.2 Å². The second kappa shape index (κ2) is 8.26. The van der Waals surface area contributed by atoms with Crippen LogP contribution in [-0.2, 0) is 16.4 Å². The van der Waals surface area contributed by atoms with Crippen molar-refractivity contribution in [2.45, 2.75) is 18.2 Å². The standard InChI is InChI=1S/C21H18BrNO5S/c1-2-13-11-20(24)19(12-18(13)21(25)26)23-29(27,28)17-9-5-15(6-10-17)14-3-7-16(22)8-4-14/h3-12,23-24H,2H2,1H3,(H,25,26). The van der Waals surface area contributed by atoms with Crippen molar-refractivity contribution in [1.82, 2.24) is 0 Å². The lowest BCUT2D eigenvalue weighted by Crippen LogP contribution is -2.14. The van der Waals surface area contributed by atoms with Crippen LogP contribution in [-0.4, -0.2) is 24.6 Å². The van der Waals surface area contributed by atoms with Gasteiger partial charge in [0.25, 0.3) is 10.0 Å². The molecule has 0 aliphatic rings. The van der Waals surface area contributed by atoms with Crippen LogP contribution in [0.4, 0.5) is 5.69 Å². The molecule has 0 aromatic heterocycles. The van der Waals surface area contributed by atoms with Crippen LogP contribution in [0.15, 0.2) is 70.0 Å². The monoisotopic (exact) mass is 475 g/mol. The van der Waals surface area contributed by atoms with Crippen molar-refractivity contribution in [2.24, 2.45) is 0 Å². The van der Waals surface area contributed by atoms with E-state index in [4.69, 9.17) is 0 Å². The fourth-order valence-corrected chi connectivity index (χ4v) is 4.21. The topological polar surface area (TPSA) is 104 Å². The normalized spacial score (nSPS) is 11.2. The van der Waals surface area contributed by atoms with Gasteiger partial charge in [0.05, 0.1) is 16.1 Å². The molecule has 0 aliphatic carbocycles. The summed E-state index contributed by atoms with van der Waals surface area (Å²) in [5.74, 6) is -1.52. The second-order valence-electron chi connectivity index (χ2n) is 6.32. The number of carboxylic acids is 1. The zero-order valence-electron chi connectivity index (χ0n) is 15.4. The molecule has 0 radical (unpaired) electrons. The average Bonchev–Trinajstić information content (AvgIpc) is 2.69. The fraction of sp³-hybridized carbons (Fsp3) is 0.0952. The van der Waals surface area contributed by atoms with E-state index >= 15 is 0 Å². The fourth-order valence-electron chi connectivity index (χ4n) is 2.88. The van der Waals surface area contributed by atoms with Crippen molar-refractivity contribution in [3.8, 4) is 16.9 Å². The number of aryl methyl sites for hydroxylation is 1. The first-order valence-electron chi connectivity index (χ1n) is 8.69. The molecule has 0 bridgehead atoms. The van der Waals surface area contributed by atoms with Crippen molar-refractivity contribution >= 4 is 37.6 Å². The molecule has 3 rings (SSSR count). The van der Waals surface area contributed by atoms with Gasteiger partial charge in [-0.15, -0.1) is 0 Å². The van der Waals surface area contributed by atoms with Gasteiger partial charge in [-0.25, -0.2) is 13.2 Å². The lowest BCUT2D eigenvalue weighted by molar-refractivity contribution is 0.0695. The lowest BCUT2D eigenvalue weighted by Gasteiger charge is -2.13. The first-order valence-corrected chi connectivity index (χ1v) is 11.0. The number of carbonyl (C=O) groups is 1. The molecule has 29 heavy (non-hydrogen) atoms. The van der Waals surface area contributed by atoms with Crippen molar-refractivity contribution in [3.63, 3.8) is 0 Å². The van der Waals surface area contributed by atoms with Crippen molar-refractivity contribution in [1.29, 1.82) is 0 Å². The minimum absolute atomic E-state index is 0.00537. The summed E-state index contributed by atoms with van der Waals surface area (Å²) in [5, 5.41) is 19.5. The SMILES string of the molecule is CCc1cc(O)c(NS(=O)(=O)c2ccc(-c3ccc(Br)cc3)cc2)cc1C(=O)O. The van der Waals surface area contributed by atoms with E-state index in [0.717, 1.165) is 21.7 Å². The Balaban J connectivity index is 1.91. The molecule has 6 nitrogen and oxygen atoms in total. The molecule has 3 N–H and O–H groups in total. The van der Waals surface area contributed by atoms with Gasteiger partial charge < -0.3 is 10.2 Å². The molecule has 3 aromatic rings. The van der Waals surface area contributed by atoms with E-state index in [1.807, 2.05) is 24.3 Å². The largest absolute Gasteiger partial charge is 0.506 e. The number of aromatic hydroxyl groups is 1. The van der Waals surface area contributed by atoms with Gasteiger partial charge in [-0.3, -0.25) is 4.72 Å². The molecule has 0 spiro atoms.